The zero-order valence-electron chi connectivity index (χ0n) is 14.9. The van der Waals surface area contributed by atoms with Gasteiger partial charge in [0.2, 0.25) is 0 Å². The van der Waals surface area contributed by atoms with E-state index in [-0.39, 0.29) is 0 Å². The summed E-state index contributed by atoms with van der Waals surface area (Å²) >= 11 is 5.37. The molecular weight excluding hydrogens is 326 g/mol. The fraction of sp³-hybridized carbons (Fsp3) is 0.381. The third kappa shape index (κ3) is 5.83. The summed E-state index contributed by atoms with van der Waals surface area (Å²) in [6.07, 6.45) is 4.07. The Morgan fingerprint density at radius 3 is 2.24 bits per heavy atom. The first-order valence-electron chi connectivity index (χ1n) is 9.11. The van der Waals surface area contributed by atoms with E-state index in [9.17, 15) is 0 Å². The number of benzene rings is 2. The van der Waals surface area contributed by atoms with E-state index in [4.69, 9.17) is 12.2 Å². The monoisotopic (exact) mass is 353 g/mol. The fourth-order valence-corrected chi connectivity index (χ4v) is 3.32. The molecule has 25 heavy (non-hydrogen) atoms. The Morgan fingerprint density at radius 1 is 0.920 bits per heavy atom. The molecule has 0 radical (unpaired) electrons. The second-order valence-corrected chi connectivity index (χ2v) is 7.24. The fourth-order valence-electron chi connectivity index (χ4n) is 3.13. The molecule has 2 aromatic rings. The lowest BCUT2D eigenvalue weighted by molar-refractivity contribution is 0.221. The average molecular weight is 354 g/mol. The van der Waals surface area contributed by atoms with Gasteiger partial charge in [-0.1, -0.05) is 48.4 Å². The third-order valence-corrected chi connectivity index (χ3v) is 4.89. The van der Waals surface area contributed by atoms with E-state index in [1.807, 2.05) is 12.1 Å². The summed E-state index contributed by atoms with van der Waals surface area (Å²) < 4.78 is 0. The Balaban J connectivity index is 1.44. The van der Waals surface area contributed by atoms with E-state index in [1.54, 1.807) is 0 Å². The molecule has 0 saturated carbocycles. The van der Waals surface area contributed by atoms with Crippen molar-refractivity contribution >= 4 is 23.0 Å². The molecule has 0 aromatic heterocycles. The van der Waals surface area contributed by atoms with Gasteiger partial charge in [-0.2, -0.15) is 0 Å². The summed E-state index contributed by atoms with van der Waals surface area (Å²) in [5, 5.41) is 7.15. The van der Waals surface area contributed by atoms with Crippen LogP contribution in [-0.2, 0) is 13.1 Å². The molecule has 0 amide bonds. The molecule has 0 unspecified atom stereocenters. The molecule has 1 heterocycles. The van der Waals surface area contributed by atoms with Crippen molar-refractivity contribution in [2.75, 3.05) is 18.4 Å². The van der Waals surface area contributed by atoms with Gasteiger partial charge in [0, 0.05) is 18.8 Å². The highest BCUT2D eigenvalue weighted by atomic mass is 32.1. The minimum atomic E-state index is 0.654. The summed E-state index contributed by atoms with van der Waals surface area (Å²) in [6.45, 7) is 6.36. The van der Waals surface area contributed by atoms with Crippen LogP contribution in [0, 0.1) is 6.92 Å². The predicted octanol–water partition coefficient (Wildman–Crippen LogP) is 4.47. The number of piperidine rings is 1. The van der Waals surface area contributed by atoms with E-state index in [2.05, 4.69) is 58.9 Å². The Bertz CT molecular complexity index is 673. The SMILES string of the molecule is Cc1ccc(NC(=S)NCc2ccc(CN3CCCCC3)cc2)cc1. The Labute approximate surface area is 156 Å². The Hall–Kier alpha value is -1.91. The molecule has 0 atom stereocenters. The van der Waals surface area contributed by atoms with Crippen molar-refractivity contribution in [3.05, 3.63) is 65.2 Å². The van der Waals surface area contributed by atoms with Gasteiger partial charge in [0.1, 0.15) is 0 Å². The van der Waals surface area contributed by atoms with Crippen LogP contribution in [0.25, 0.3) is 0 Å². The molecule has 0 bridgehead atoms. The molecular formula is C21H27N3S. The van der Waals surface area contributed by atoms with E-state index in [0.29, 0.717) is 5.11 Å². The Kier molecular flexibility index (Phi) is 6.42. The molecule has 2 N–H and O–H groups in total. The summed E-state index contributed by atoms with van der Waals surface area (Å²) in [6, 6.07) is 17.1. The molecule has 3 nitrogen and oxygen atoms in total. The van der Waals surface area contributed by atoms with Gasteiger partial charge >= 0.3 is 0 Å². The van der Waals surface area contributed by atoms with Crippen LogP contribution in [0.5, 0.6) is 0 Å². The van der Waals surface area contributed by atoms with Crippen LogP contribution in [0.3, 0.4) is 0 Å². The maximum atomic E-state index is 5.37. The zero-order valence-corrected chi connectivity index (χ0v) is 15.7. The molecule has 0 spiro atoms. The molecule has 4 heteroatoms. The van der Waals surface area contributed by atoms with Crippen molar-refractivity contribution < 1.29 is 0 Å². The molecule has 132 valence electrons. The van der Waals surface area contributed by atoms with Gasteiger partial charge in [0.05, 0.1) is 0 Å². The standard InChI is InChI=1S/C21H27N3S/c1-17-5-11-20(12-6-17)23-21(25)22-15-18-7-9-19(10-8-18)16-24-13-3-2-4-14-24/h5-12H,2-4,13-16H2,1H3,(H2,22,23,25). The number of nitrogens with zero attached hydrogens (tertiary/aromatic N) is 1. The number of rotatable bonds is 5. The molecule has 2 aromatic carbocycles. The van der Waals surface area contributed by atoms with Gasteiger partial charge in [-0.05, 0) is 68.3 Å². The quantitative estimate of drug-likeness (QED) is 0.776. The van der Waals surface area contributed by atoms with E-state index >= 15 is 0 Å². The second kappa shape index (κ2) is 8.97. The van der Waals surface area contributed by atoms with Gasteiger partial charge in [-0.25, -0.2) is 0 Å². The smallest absolute Gasteiger partial charge is 0.171 e. The van der Waals surface area contributed by atoms with Crippen molar-refractivity contribution in [3.63, 3.8) is 0 Å². The van der Waals surface area contributed by atoms with Crippen molar-refractivity contribution in [1.82, 2.24) is 10.2 Å². The van der Waals surface area contributed by atoms with Crippen LogP contribution >= 0.6 is 12.2 Å². The molecule has 3 rings (SSSR count). The highest BCUT2D eigenvalue weighted by Crippen LogP contribution is 2.14. The van der Waals surface area contributed by atoms with Crippen LogP contribution < -0.4 is 10.6 Å². The largest absolute Gasteiger partial charge is 0.358 e. The second-order valence-electron chi connectivity index (χ2n) is 6.83. The maximum absolute atomic E-state index is 5.37. The van der Waals surface area contributed by atoms with E-state index in [1.165, 1.54) is 49.0 Å². The van der Waals surface area contributed by atoms with Crippen LogP contribution in [0.1, 0.15) is 36.0 Å². The van der Waals surface area contributed by atoms with Gasteiger partial charge in [-0.3, -0.25) is 4.90 Å². The molecule has 1 aliphatic rings. The number of nitrogens with one attached hydrogen (secondary N) is 2. The Morgan fingerprint density at radius 2 is 1.56 bits per heavy atom. The lowest BCUT2D eigenvalue weighted by atomic mass is 10.1. The van der Waals surface area contributed by atoms with Crippen molar-refractivity contribution in [2.45, 2.75) is 39.3 Å². The number of hydrogen-bond acceptors (Lipinski definition) is 2. The first-order valence-corrected chi connectivity index (χ1v) is 9.51. The minimum absolute atomic E-state index is 0.654. The van der Waals surface area contributed by atoms with Crippen molar-refractivity contribution in [1.29, 1.82) is 0 Å². The molecule has 1 aliphatic heterocycles. The highest BCUT2D eigenvalue weighted by molar-refractivity contribution is 7.80. The highest BCUT2D eigenvalue weighted by Gasteiger charge is 2.10. The topological polar surface area (TPSA) is 27.3 Å². The van der Waals surface area contributed by atoms with Gasteiger partial charge in [0.25, 0.3) is 0 Å². The van der Waals surface area contributed by atoms with Crippen molar-refractivity contribution in [2.24, 2.45) is 0 Å². The predicted molar refractivity (Wildman–Crippen MR) is 110 cm³/mol. The number of thiocarbonyl (C=S) groups is 1. The molecule has 1 saturated heterocycles. The lowest BCUT2D eigenvalue weighted by Gasteiger charge is -2.26. The van der Waals surface area contributed by atoms with Crippen LogP contribution in [0.4, 0.5) is 5.69 Å². The van der Waals surface area contributed by atoms with Crippen LogP contribution in [-0.4, -0.2) is 23.1 Å². The number of likely N-dealkylation sites (tertiary alicyclic amines) is 1. The van der Waals surface area contributed by atoms with Crippen LogP contribution in [0.2, 0.25) is 0 Å². The normalized spacial score (nSPS) is 14.9. The number of hydrogen-bond donors (Lipinski definition) is 2. The lowest BCUT2D eigenvalue weighted by Crippen LogP contribution is -2.29. The van der Waals surface area contributed by atoms with Gasteiger partial charge in [-0.15, -0.1) is 0 Å². The van der Waals surface area contributed by atoms with Crippen LogP contribution in [0.15, 0.2) is 48.5 Å². The summed E-state index contributed by atoms with van der Waals surface area (Å²) in [7, 11) is 0. The maximum Gasteiger partial charge on any atom is 0.171 e. The van der Waals surface area contributed by atoms with E-state index < -0.39 is 0 Å². The number of anilines is 1. The minimum Gasteiger partial charge on any atom is -0.358 e. The third-order valence-electron chi connectivity index (χ3n) is 4.64. The average Bonchev–Trinajstić information content (AvgIpc) is 2.64. The first kappa shape index (κ1) is 17.9. The zero-order chi connectivity index (χ0) is 17.5. The van der Waals surface area contributed by atoms with Gasteiger partial charge < -0.3 is 10.6 Å². The molecule has 0 aliphatic carbocycles. The summed E-state index contributed by atoms with van der Waals surface area (Å²) in [5.41, 5.74) is 4.90. The summed E-state index contributed by atoms with van der Waals surface area (Å²) in [4.78, 5) is 2.55. The first-order chi connectivity index (χ1) is 12.2. The summed E-state index contributed by atoms with van der Waals surface area (Å²) in [5.74, 6) is 0. The molecule has 1 fully saturated rings. The number of aryl methyl sites for hydroxylation is 1. The van der Waals surface area contributed by atoms with Crippen molar-refractivity contribution in [3.8, 4) is 0 Å². The van der Waals surface area contributed by atoms with Gasteiger partial charge in [0.15, 0.2) is 5.11 Å². The van der Waals surface area contributed by atoms with E-state index in [0.717, 1.165) is 18.8 Å².